The number of aryl methyl sites for hydroxylation is 2. The molecule has 0 saturated heterocycles. The number of benzene rings is 1. The van der Waals surface area contributed by atoms with E-state index in [0.29, 0.717) is 34.5 Å². The molecule has 1 N–H and O–H groups in total. The number of nitrogens with one attached hydrogen (secondary N) is 1. The fourth-order valence-corrected chi connectivity index (χ4v) is 2.39. The standard InChI is InChI=1S/C15H18ClN3O3/c1-9-13(14(16)19(2)18-9)15(20)17-8-10-5-11(21-3)7-12(6-10)22-4/h5-7H,8H2,1-4H3,(H,17,20). The fourth-order valence-electron chi connectivity index (χ4n) is 2.13. The zero-order valence-electron chi connectivity index (χ0n) is 12.9. The van der Waals surface area contributed by atoms with Gasteiger partial charge in [-0.3, -0.25) is 9.48 Å². The maximum absolute atomic E-state index is 12.3. The summed E-state index contributed by atoms with van der Waals surface area (Å²) in [6.45, 7) is 2.08. The van der Waals surface area contributed by atoms with Crippen LogP contribution in [0.4, 0.5) is 0 Å². The monoisotopic (exact) mass is 323 g/mol. The lowest BCUT2D eigenvalue weighted by atomic mass is 10.2. The van der Waals surface area contributed by atoms with Gasteiger partial charge in [0.2, 0.25) is 0 Å². The van der Waals surface area contributed by atoms with Gasteiger partial charge >= 0.3 is 0 Å². The van der Waals surface area contributed by atoms with Crippen LogP contribution in [0, 0.1) is 6.92 Å². The molecule has 0 radical (unpaired) electrons. The molecule has 0 atom stereocenters. The highest BCUT2D eigenvalue weighted by Gasteiger charge is 2.18. The molecule has 7 heteroatoms. The average Bonchev–Trinajstić information content (AvgIpc) is 2.77. The van der Waals surface area contributed by atoms with E-state index in [4.69, 9.17) is 21.1 Å². The van der Waals surface area contributed by atoms with Crippen molar-refractivity contribution < 1.29 is 14.3 Å². The van der Waals surface area contributed by atoms with E-state index in [2.05, 4.69) is 10.4 Å². The zero-order chi connectivity index (χ0) is 16.3. The Hall–Kier alpha value is -2.21. The lowest BCUT2D eigenvalue weighted by molar-refractivity contribution is 0.0950. The second kappa shape index (κ2) is 6.70. The van der Waals surface area contributed by atoms with Crippen molar-refractivity contribution in [3.63, 3.8) is 0 Å². The number of methoxy groups -OCH3 is 2. The molecular weight excluding hydrogens is 306 g/mol. The predicted molar refractivity (Wildman–Crippen MR) is 83.7 cm³/mol. The minimum atomic E-state index is -0.266. The van der Waals surface area contributed by atoms with Crippen LogP contribution in [0.2, 0.25) is 5.15 Å². The van der Waals surface area contributed by atoms with Gasteiger partial charge in [-0.15, -0.1) is 0 Å². The van der Waals surface area contributed by atoms with Crippen LogP contribution in [0.5, 0.6) is 11.5 Å². The number of aromatic nitrogens is 2. The summed E-state index contributed by atoms with van der Waals surface area (Å²) in [7, 11) is 4.85. The quantitative estimate of drug-likeness (QED) is 0.917. The van der Waals surface area contributed by atoms with Crippen LogP contribution in [0.3, 0.4) is 0 Å². The summed E-state index contributed by atoms with van der Waals surface area (Å²) in [6, 6.07) is 5.44. The smallest absolute Gasteiger partial charge is 0.256 e. The molecule has 0 unspecified atom stereocenters. The van der Waals surface area contributed by atoms with Crippen LogP contribution in [0.25, 0.3) is 0 Å². The van der Waals surface area contributed by atoms with E-state index in [-0.39, 0.29) is 5.91 Å². The number of ether oxygens (including phenoxy) is 2. The molecule has 1 aromatic heterocycles. The summed E-state index contributed by atoms with van der Waals surface area (Å²) >= 11 is 6.09. The van der Waals surface area contributed by atoms with Crippen LogP contribution in [0.15, 0.2) is 18.2 Å². The molecule has 1 heterocycles. The molecule has 1 aromatic carbocycles. The summed E-state index contributed by atoms with van der Waals surface area (Å²) < 4.78 is 11.9. The van der Waals surface area contributed by atoms with Gasteiger partial charge in [0.25, 0.3) is 5.91 Å². The lowest BCUT2D eigenvalue weighted by Gasteiger charge is -2.09. The Kier molecular flexibility index (Phi) is 4.92. The zero-order valence-corrected chi connectivity index (χ0v) is 13.7. The molecule has 0 spiro atoms. The summed E-state index contributed by atoms with van der Waals surface area (Å²) in [5.41, 5.74) is 1.84. The number of rotatable bonds is 5. The molecule has 0 fully saturated rings. The highest BCUT2D eigenvalue weighted by molar-refractivity contribution is 6.33. The molecule has 118 valence electrons. The van der Waals surface area contributed by atoms with E-state index < -0.39 is 0 Å². The lowest BCUT2D eigenvalue weighted by Crippen LogP contribution is -2.23. The number of hydrogen-bond acceptors (Lipinski definition) is 4. The van der Waals surface area contributed by atoms with Crippen LogP contribution >= 0.6 is 11.6 Å². The molecule has 0 aliphatic carbocycles. The molecule has 0 aliphatic rings. The second-order valence-corrected chi connectivity index (χ2v) is 5.14. The predicted octanol–water partition coefficient (Wildman–Crippen LogP) is 2.33. The third kappa shape index (κ3) is 3.33. The fraction of sp³-hybridized carbons (Fsp3) is 0.333. The number of halogens is 1. The highest BCUT2D eigenvalue weighted by atomic mass is 35.5. The first-order valence-corrected chi connectivity index (χ1v) is 7.03. The normalized spacial score (nSPS) is 10.4. The summed E-state index contributed by atoms with van der Waals surface area (Å²) in [5.74, 6) is 1.07. The topological polar surface area (TPSA) is 65.4 Å². The van der Waals surface area contributed by atoms with Gasteiger partial charge in [-0.1, -0.05) is 11.6 Å². The molecule has 2 aromatic rings. The number of hydrogen-bond donors (Lipinski definition) is 1. The van der Waals surface area contributed by atoms with Crippen LogP contribution in [0.1, 0.15) is 21.6 Å². The van der Waals surface area contributed by atoms with Gasteiger partial charge < -0.3 is 14.8 Å². The second-order valence-electron chi connectivity index (χ2n) is 4.78. The van der Waals surface area contributed by atoms with E-state index in [0.717, 1.165) is 5.56 Å². The molecule has 0 bridgehead atoms. The Morgan fingerprint density at radius 1 is 1.27 bits per heavy atom. The van der Waals surface area contributed by atoms with Crippen molar-refractivity contribution in [1.29, 1.82) is 0 Å². The van der Waals surface area contributed by atoms with E-state index in [1.54, 1.807) is 34.3 Å². The van der Waals surface area contributed by atoms with Gasteiger partial charge in [0.05, 0.1) is 25.5 Å². The van der Waals surface area contributed by atoms with Gasteiger partial charge in [-0.2, -0.15) is 5.10 Å². The van der Waals surface area contributed by atoms with Gasteiger partial charge in [0.1, 0.15) is 16.7 Å². The average molecular weight is 324 g/mol. The number of amides is 1. The van der Waals surface area contributed by atoms with Crippen molar-refractivity contribution in [2.75, 3.05) is 14.2 Å². The number of carbonyl (C=O) groups is 1. The Labute approximate surface area is 134 Å². The van der Waals surface area contributed by atoms with Crippen LogP contribution in [-0.4, -0.2) is 29.9 Å². The number of carbonyl (C=O) groups excluding carboxylic acids is 1. The molecule has 2 rings (SSSR count). The maximum Gasteiger partial charge on any atom is 0.256 e. The largest absolute Gasteiger partial charge is 0.497 e. The first-order chi connectivity index (χ1) is 10.5. The molecule has 22 heavy (non-hydrogen) atoms. The van der Waals surface area contributed by atoms with Crippen molar-refractivity contribution in [2.45, 2.75) is 13.5 Å². The summed E-state index contributed by atoms with van der Waals surface area (Å²) in [6.07, 6.45) is 0. The van der Waals surface area contributed by atoms with Crippen LogP contribution in [-0.2, 0) is 13.6 Å². The van der Waals surface area contributed by atoms with E-state index >= 15 is 0 Å². The Balaban J connectivity index is 2.14. The molecule has 0 saturated carbocycles. The van der Waals surface area contributed by atoms with E-state index in [1.165, 1.54) is 4.68 Å². The SMILES string of the molecule is COc1cc(CNC(=O)c2c(C)nn(C)c2Cl)cc(OC)c1. The first-order valence-electron chi connectivity index (χ1n) is 6.65. The van der Waals surface area contributed by atoms with Gasteiger partial charge in [0.15, 0.2) is 0 Å². The Morgan fingerprint density at radius 3 is 2.32 bits per heavy atom. The minimum absolute atomic E-state index is 0.266. The Morgan fingerprint density at radius 2 is 1.86 bits per heavy atom. The number of nitrogens with zero attached hydrogens (tertiary/aromatic N) is 2. The minimum Gasteiger partial charge on any atom is -0.497 e. The van der Waals surface area contributed by atoms with E-state index in [9.17, 15) is 4.79 Å². The molecule has 0 aliphatic heterocycles. The van der Waals surface area contributed by atoms with Crippen molar-refractivity contribution in [3.05, 3.63) is 40.2 Å². The van der Waals surface area contributed by atoms with E-state index in [1.807, 2.05) is 12.1 Å². The third-order valence-electron chi connectivity index (χ3n) is 3.24. The molecule has 6 nitrogen and oxygen atoms in total. The van der Waals surface area contributed by atoms with Gasteiger partial charge in [-0.05, 0) is 24.6 Å². The molecular formula is C15H18ClN3O3. The van der Waals surface area contributed by atoms with Gasteiger partial charge in [-0.25, -0.2) is 0 Å². The maximum atomic E-state index is 12.3. The van der Waals surface area contributed by atoms with Gasteiger partial charge in [0, 0.05) is 19.7 Å². The van der Waals surface area contributed by atoms with Crippen LogP contribution < -0.4 is 14.8 Å². The summed E-state index contributed by atoms with van der Waals surface area (Å²) in [4.78, 5) is 12.3. The molecule has 1 amide bonds. The highest BCUT2D eigenvalue weighted by Crippen LogP contribution is 2.23. The third-order valence-corrected chi connectivity index (χ3v) is 3.68. The Bertz CT molecular complexity index is 675. The van der Waals surface area contributed by atoms with Crippen molar-refractivity contribution >= 4 is 17.5 Å². The summed E-state index contributed by atoms with van der Waals surface area (Å²) in [5, 5.41) is 7.27. The van der Waals surface area contributed by atoms with Crippen molar-refractivity contribution in [1.82, 2.24) is 15.1 Å². The van der Waals surface area contributed by atoms with Crippen molar-refractivity contribution in [3.8, 4) is 11.5 Å². The van der Waals surface area contributed by atoms with Crippen molar-refractivity contribution in [2.24, 2.45) is 7.05 Å². The first kappa shape index (κ1) is 16.2.